The number of H-pyrrole nitrogens is 1. The SMILES string of the molecule is COc1cccc(C2CN(C(=O)c3ccc4cnccc4c3O)Cc3[nH]cnc32)c1. The van der Waals surface area contributed by atoms with E-state index >= 15 is 0 Å². The van der Waals surface area contributed by atoms with Crippen LogP contribution in [0.2, 0.25) is 0 Å². The third-order valence-corrected chi connectivity index (χ3v) is 5.64. The fourth-order valence-electron chi connectivity index (χ4n) is 4.09. The first kappa shape index (κ1) is 18.2. The number of phenolic OH excluding ortho intramolecular Hbond substituents is 1. The normalized spacial score (nSPS) is 15.8. The Balaban J connectivity index is 1.53. The van der Waals surface area contributed by atoms with Crippen molar-refractivity contribution in [3.63, 3.8) is 0 Å². The molecule has 1 atom stereocenters. The molecule has 4 aromatic rings. The molecule has 1 amide bonds. The van der Waals surface area contributed by atoms with E-state index in [0.717, 1.165) is 28.1 Å². The molecule has 0 fully saturated rings. The van der Waals surface area contributed by atoms with Crippen molar-refractivity contribution >= 4 is 16.7 Å². The Morgan fingerprint density at radius 3 is 3.03 bits per heavy atom. The third kappa shape index (κ3) is 2.95. The smallest absolute Gasteiger partial charge is 0.258 e. The Morgan fingerprint density at radius 1 is 1.27 bits per heavy atom. The number of carbonyl (C=O) groups is 1. The number of rotatable bonds is 3. The molecule has 2 aromatic carbocycles. The van der Waals surface area contributed by atoms with Crippen LogP contribution in [0.3, 0.4) is 0 Å². The number of ether oxygens (including phenoxy) is 1. The Labute approximate surface area is 173 Å². The van der Waals surface area contributed by atoms with Gasteiger partial charge < -0.3 is 19.7 Å². The summed E-state index contributed by atoms with van der Waals surface area (Å²) in [5.41, 5.74) is 3.13. The number of benzene rings is 2. The van der Waals surface area contributed by atoms with Gasteiger partial charge in [0.1, 0.15) is 11.5 Å². The molecule has 2 aromatic heterocycles. The number of hydrogen-bond donors (Lipinski definition) is 2. The lowest BCUT2D eigenvalue weighted by Crippen LogP contribution is -2.38. The number of phenols is 1. The van der Waals surface area contributed by atoms with Crippen molar-refractivity contribution in [2.45, 2.75) is 12.5 Å². The van der Waals surface area contributed by atoms with E-state index in [1.165, 1.54) is 0 Å². The Morgan fingerprint density at radius 2 is 2.17 bits per heavy atom. The minimum Gasteiger partial charge on any atom is -0.506 e. The van der Waals surface area contributed by atoms with Crippen LogP contribution >= 0.6 is 0 Å². The molecule has 3 heterocycles. The molecular formula is C23H20N4O3. The summed E-state index contributed by atoms with van der Waals surface area (Å²) in [6.07, 6.45) is 4.93. The van der Waals surface area contributed by atoms with Gasteiger partial charge in [-0.25, -0.2) is 4.98 Å². The maximum atomic E-state index is 13.4. The molecule has 5 rings (SSSR count). The Kier molecular flexibility index (Phi) is 4.35. The number of aromatic hydroxyl groups is 1. The van der Waals surface area contributed by atoms with Crippen molar-refractivity contribution in [2.75, 3.05) is 13.7 Å². The molecule has 7 nitrogen and oxygen atoms in total. The van der Waals surface area contributed by atoms with E-state index in [1.807, 2.05) is 24.3 Å². The highest BCUT2D eigenvalue weighted by Crippen LogP contribution is 2.35. The number of amides is 1. The number of nitrogens with zero attached hydrogens (tertiary/aromatic N) is 3. The van der Waals surface area contributed by atoms with Gasteiger partial charge in [-0.05, 0) is 29.8 Å². The van der Waals surface area contributed by atoms with E-state index in [0.29, 0.717) is 18.5 Å². The first-order chi connectivity index (χ1) is 14.7. The van der Waals surface area contributed by atoms with Crippen LogP contribution in [0.4, 0.5) is 0 Å². The van der Waals surface area contributed by atoms with Crippen molar-refractivity contribution in [1.29, 1.82) is 0 Å². The van der Waals surface area contributed by atoms with Crippen LogP contribution < -0.4 is 4.74 Å². The summed E-state index contributed by atoms with van der Waals surface area (Å²) >= 11 is 0. The quantitative estimate of drug-likeness (QED) is 0.550. The number of pyridine rings is 1. The molecule has 150 valence electrons. The van der Waals surface area contributed by atoms with Crippen molar-refractivity contribution in [3.8, 4) is 11.5 Å². The standard InChI is InChI=1S/C23H20N4O3/c1-30-16-4-2-3-14(9-16)19-11-27(12-20-21(19)26-13-25-20)23(29)18-6-5-15-10-24-8-7-17(15)22(18)28/h2-10,13,19,28H,11-12H2,1H3,(H,25,26). The van der Waals surface area contributed by atoms with Gasteiger partial charge in [-0.3, -0.25) is 9.78 Å². The van der Waals surface area contributed by atoms with Crippen LogP contribution in [-0.4, -0.2) is 44.5 Å². The third-order valence-electron chi connectivity index (χ3n) is 5.64. The number of fused-ring (bicyclic) bond motifs is 2. The van der Waals surface area contributed by atoms with E-state index in [-0.39, 0.29) is 23.1 Å². The average Bonchev–Trinajstić information content (AvgIpc) is 3.27. The summed E-state index contributed by atoms with van der Waals surface area (Å²) in [7, 11) is 1.63. The molecule has 1 aliphatic heterocycles. The molecular weight excluding hydrogens is 380 g/mol. The Hall–Kier alpha value is -3.87. The van der Waals surface area contributed by atoms with Gasteiger partial charge in [-0.1, -0.05) is 18.2 Å². The lowest BCUT2D eigenvalue weighted by Gasteiger charge is -2.32. The van der Waals surface area contributed by atoms with E-state index < -0.39 is 0 Å². The van der Waals surface area contributed by atoms with Crippen molar-refractivity contribution < 1.29 is 14.6 Å². The minimum atomic E-state index is -0.223. The molecule has 0 radical (unpaired) electrons. The average molecular weight is 400 g/mol. The van der Waals surface area contributed by atoms with Crippen molar-refractivity contribution in [3.05, 3.63) is 83.7 Å². The van der Waals surface area contributed by atoms with Gasteiger partial charge in [0.15, 0.2) is 0 Å². The summed E-state index contributed by atoms with van der Waals surface area (Å²) in [5, 5.41) is 12.1. The number of imidazole rings is 1. The summed E-state index contributed by atoms with van der Waals surface area (Å²) in [5.74, 6) is 0.423. The number of hydrogen-bond acceptors (Lipinski definition) is 5. The molecule has 0 saturated carbocycles. The van der Waals surface area contributed by atoms with Gasteiger partial charge in [0.25, 0.3) is 5.91 Å². The van der Waals surface area contributed by atoms with Crippen molar-refractivity contribution in [1.82, 2.24) is 19.9 Å². The number of methoxy groups -OCH3 is 1. The number of carbonyl (C=O) groups excluding carboxylic acids is 1. The van der Waals surface area contributed by atoms with Crippen LogP contribution in [0.5, 0.6) is 11.5 Å². The first-order valence-corrected chi connectivity index (χ1v) is 9.66. The zero-order chi connectivity index (χ0) is 20.7. The van der Waals surface area contributed by atoms with Crippen LogP contribution in [0, 0.1) is 0 Å². The fourth-order valence-corrected chi connectivity index (χ4v) is 4.09. The molecule has 1 unspecified atom stereocenters. The number of aromatic amines is 1. The van der Waals surface area contributed by atoms with Crippen LogP contribution in [0.1, 0.15) is 33.2 Å². The monoisotopic (exact) mass is 400 g/mol. The second-order valence-electron chi connectivity index (χ2n) is 7.34. The lowest BCUT2D eigenvalue weighted by atomic mass is 9.90. The van der Waals surface area contributed by atoms with Gasteiger partial charge in [0, 0.05) is 35.6 Å². The van der Waals surface area contributed by atoms with E-state index in [1.54, 1.807) is 48.9 Å². The van der Waals surface area contributed by atoms with Crippen LogP contribution in [-0.2, 0) is 6.54 Å². The second kappa shape index (κ2) is 7.18. The van der Waals surface area contributed by atoms with Crippen LogP contribution in [0.25, 0.3) is 10.8 Å². The topological polar surface area (TPSA) is 91.3 Å². The second-order valence-corrected chi connectivity index (χ2v) is 7.34. The molecule has 7 heteroatoms. The van der Waals surface area contributed by atoms with Crippen molar-refractivity contribution in [2.24, 2.45) is 0 Å². The predicted octanol–water partition coefficient (Wildman–Crippen LogP) is 3.46. The fraction of sp³-hybridized carbons (Fsp3) is 0.174. The van der Waals surface area contributed by atoms with Crippen LogP contribution in [0.15, 0.2) is 61.2 Å². The van der Waals surface area contributed by atoms with Gasteiger partial charge in [-0.2, -0.15) is 0 Å². The highest BCUT2D eigenvalue weighted by molar-refractivity contribution is 6.03. The number of aromatic nitrogens is 3. The van der Waals surface area contributed by atoms with E-state index in [2.05, 4.69) is 15.0 Å². The summed E-state index contributed by atoms with van der Waals surface area (Å²) in [4.78, 5) is 26.9. The zero-order valence-corrected chi connectivity index (χ0v) is 16.4. The lowest BCUT2D eigenvalue weighted by molar-refractivity contribution is 0.0719. The van der Waals surface area contributed by atoms with Gasteiger partial charge >= 0.3 is 0 Å². The predicted molar refractivity (Wildman–Crippen MR) is 112 cm³/mol. The highest BCUT2D eigenvalue weighted by atomic mass is 16.5. The van der Waals surface area contributed by atoms with Gasteiger partial charge in [-0.15, -0.1) is 0 Å². The summed E-state index contributed by atoms with van der Waals surface area (Å²) in [6.45, 7) is 0.861. The Bertz CT molecular complexity index is 1250. The molecule has 0 bridgehead atoms. The maximum absolute atomic E-state index is 13.4. The maximum Gasteiger partial charge on any atom is 0.258 e. The summed E-state index contributed by atoms with van der Waals surface area (Å²) in [6, 6.07) is 13.0. The van der Waals surface area contributed by atoms with Gasteiger partial charge in [0.05, 0.1) is 36.9 Å². The zero-order valence-electron chi connectivity index (χ0n) is 16.4. The molecule has 0 aliphatic carbocycles. The van der Waals surface area contributed by atoms with E-state index in [4.69, 9.17) is 4.74 Å². The molecule has 2 N–H and O–H groups in total. The minimum absolute atomic E-state index is 0.0201. The molecule has 0 spiro atoms. The molecule has 0 saturated heterocycles. The summed E-state index contributed by atoms with van der Waals surface area (Å²) < 4.78 is 5.37. The van der Waals surface area contributed by atoms with Gasteiger partial charge in [0.2, 0.25) is 0 Å². The van der Waals surface area contributed by atoms with E-state index in [9.17, 15) is 9.90 Å². The molecule has 1 aliphatic rings. The highest BCUT2D eigenvalue weighted by Gasteiger charge is 2.33. The molecule has 30 heavy (non-hydrogen) atoms. The largest absolute Gasteiger partial charge is 0.506 e. The first-order valence-electron chi connectivity index (χ1n) is 9.66. The number of nitrogens with one attached hydrogen (secondary N) is 1.